The van der Waals surface area contributed by atoms with Crippen molar-refractivity contribution in [3.05, 3.63) is 0 Å². The quantitative estimate of drug-likeness (QED) is 0.686. The topological polar surface area (TPSA) is 67.6 Å². The first-order valence-corrected chi connectivity index (χ1v) is 6.36. The molecule has 0 aromatic carbocycles. The fraction of sp³-hybridized carbons (Fsp3) is 0.917. The minimum atomic E-state index is -0.265. The van der Waals surface area contributed by atoms with Crippen LogP contribution in [0.5, 0.6) is 0 Å². The molecule has 1 saturated heterocycles. The van der Waals surface area contributed by atoms with Gasteiger partial charge >= 0.3 is 0 Å². The van der Waals surface area contributed by atoms with Crippen LogP contribution in [-0.4, -0.2) is 55.2 Å². The molecule has 0 bridgehead atoms. The van der Waals surface area contributed by atoms with Crippen LogP contribution in [0.25, 0.3) is 0 Å². The second-order valence-electron chi connectivity index (χ2n) is 5.06. The molecular weight excluding hydrogens is 218 g/mol. The Labute approximate surface area is 104 Å². The summed E-state index contributed by atoms with van der Waals surface area (Å²) in [6, 6.07) is 0.676. The average molecular weight is 243 g/mol. The minimum absolute atomic E-state index is 0.116. The molecule has 100 valence electrons. The molecule has 1 aliphatic rings. The molecule has 17 heavy (non-hydrogen) atoms. The van der Waals surface area contributed by atoms with Gasteiger partial charge in [0, 0.05) is 38.1 Å². The second kappa shape index (κ2) is 6.93. The van der Waals surface area contributed by atoms with Gasteiger partial charge in [-0.15, -0.1) is 0 Å². The maximum absolute atomic E-state index is 10.7. The Kier molecular flexibility index (Phi) is 5.88. The Morgan fingerprint density at radius 2 is 2.24 bits per heavy atom. The number of carbonyl (C=O) groups excluding carboxylic acids is 1. The van der Waals surface area contributed by atoms with E-state index in [-0.39, 0.29) is 18.1 Å². The Morgan fingerprint density at radius 3 is 2.82 bits per heavy atom. The fourth-order valence-electron chi connectivity index (χ4n) is 2.04. The molecule has 1 fully saturated rings. The van der Waals surface area contributed by atoms with Gasteiger partial charge in [0.05, 0.1) is 12.7 Å². The van der Waals surface area contributed by atoms with E-state index in [2.05, 4.69) is 24.1 Å². The number of hydrogen-bond acceptors (Lipinski definition) is 4. The summed E-state index contributed by atoms with van der Waals surface area (Å²) < 4.78 is 5.69. The molecule has 3 N–H and O–H groups in total. The third-order valence-corrected chi connectivity index (χ3v) is 3.10. The van der Waals surface area contributed by atoms with Crippen molar-refractivity contribution in [1.82, 2.24) is 10.2 Å². The van der Waals surface area contributed by atoms with E-state index in [1.165, 1.54) is 0 Å². The lowest BCUT2D eigenvalue weighted by Crippen LogP contribution is -2.50. The third kappa shape index (κ3) is 5.48. The molecule has 1 amide bonds. The van der Waals surface area contributed by atoms with E-state index in [1.807, 2.05) is 6.92 Å². The lowest BCUT2D eigenvalue weighted by atomic mass is 10.2. The van der Waals surface area contributed by atoms with E-state index in [9.17, 15) is 4.79 Å². The maximum Gasteiger partial charge on any atom is 0.218 e. The molecule has 0 spiro atoms. The molecule has 0 aromatic heterocycles. The molecule has 0 aliphatic carbocycles. The van der Waals surface area contributed by atoms with Crippen molar-refractivity contribution in [3.63, 3.8) is 0 Å². The number of rotatable bonds is 6. The number of amides is 1. The minimum Gasteiger partial charge on any atom is -0.374 e. The zero-order valence-corrected chi connectivity index (χ0v) is 11.1. The van der Waals surface area contributed by atoms with E-state index >= 15 is 0 Å². The number of hydrogen-bond donors (Lipinski definition) is 2. The summed E-state index contributed by atoms with van der Waals surface area (Å²) in [5, 5.41) is 3.29. The molecular formula is C12H25N3O2. The van der Waals surface area contributed by atoms with E-state index in [0.717, 1.165) is 26.2 Å². The molecule has 5 nitrogen and oxygen atoms in total. The lowest BCUT2D eigenvalue weighted by Gasteiger charge is -2.36. The summed E-state index contributed by atoms with van der Waals surface area (Å²) in [5.74, 6) is -0.265. The summed E-state index contributed by atoms with van der Waals surface area (Å²) in [4.78, 5) is 13.2. The highest BCUT2D eigenvalue weighted by atomic mass is 16.5. The van der Waals surface area contributed by atoms with Gasteiger partial charge in [-0.05, 0) is 20.8 Å². The third-order valence-electron chi connectivity index (χ3n) is 3.10. The summed E-state index contributed by atoms with van der Waals surface area (Å²) >= 11 is 0. The molecule has 2 atom stereocenters. The van der Waals surface area contributed by atoms with Gasteiger partial charge in [0.1, 0.15) is 0 Å². The number of ether oxygens (including phenoxy) is 1. The summed E-state index contributed by atoms with van der Waals surface area (Å²) in [6.45, 7) is 9.89. The van der Waals surface area contributed by atoms with E-state index < -0.39 is 0 Å². The lowest BCUT2D eigenvalue weighted by molar-refractivity contribution is -0.118. The van der Waals surface area contributed by atoms with Crippen molar-refractivity contribution in [2.75, 3.05) is 26.2 Å². The van der Waals surface area contributed by atoms with Crippen LogP contribution in [0.15, 0.2) is 0 Å². The van der Waals surface area contributed by atoms with Crippen LogP contribution in [0.4, 0.5) is 0 Å². The molecule has 2 unspecified atom stereocenters. The molecule has 0 aromatic rings. The second-order valence-corrected chi connectivity index (χ2v) is 5.06. The largest absolute Gasteiger partial charge is 0.374 e. The zero-order chi connectivity index (χ0) is 12.8. The van der Waals surface area contributed by atoms with Gasteiger partial charge in [0.25, 0.3) is 0 Å². The van der Waals surface area contributed by atoms with Crippen LogP contribution in [0.2, 0.25) is 0 Å². The zero-order valence-electron chi connectivity index (χ0n) is 11.1. The average Bonchev–Trinajstić information content (AvgIpc) is 2.26. The summed E-state index contributed by atoms with van der Waals surface area (Å²) in [7, 11) is 0. The predicted octanol–water partition coefficient (Wildman–Crippen LogP) is -0.0509. The number of primary amides is 1. The predicted molar refractivity (Wildman–Crippen MR) is 67.7 cm³/mol. The molecule has 0 saturated carbocycles. The molecule has 1 aliphatic heterocycles. The van der Waals surface area contributed by atoms with Crippen molar-refractivity contribution >= 4 is 5.91 Å². The molecule has 1 rings (SSSR count). The van der Waals surface area contributed by atoms with Crippen LogP contribution in [0.1, 0.15) is 27.2 Å². The maximum atomic E-state index is 10.7. The van der Waals surface area contributed by atoms with E-state index in [4.69, 9.17) is 10.5 Å². The van der Waals surface area contributed by atoms with Gasteiger partial charge in [-0.1, -0.05) is 0 Å². The van der Waals surface area contributed by atoms with Crippen molar-refractivity contribution in [3.8, 4) is 0 Å². The van der Waals surface area contributed by atoms with Gasteiger partial charge in [-0.2, -0.15) is 0 Å². The van der Waals surface area contributed by atoms with E-state index in [1.54, 1.807) is 0 Å². The standard InChI is InChI=1S/C12H25N3O2/c1-9(2)15-4-5-17-11(8-15)7-14-10(3)6-12(13)16/h9-11,14H,4-8H2,1-3H3,(H2,13,16). The first kappa shape index (κ1) is 14.4. The number of nitrogens with two attached hydrogens (primary N) is 1. The number of nitrogens with zero attached hydrogens (tertiary/aromatic N) is 1. The van der Waals surface area contributed by atoms with Crippen LogP contribution in [-0.2, 0) is 9.53 Å². The van der Waals surface area contributed by atoms with Gasteiger partial charge in [0.2, 0.25) is 5.91 Å². The molecule has 1 heterocycles. The highest BCUT2D eigenvalue weighted by Gasteiger charge is 2.22. The Bertz CT molecular complexity index is 246. The number of nitrogens with one attached hydrogen (secondary N) is 1. The SMILES string of the molecule is CC(CC(N)=O)NCC1CN(C(C)C)CCO1. The number of carbonyl (C=O) groups is 1. The van der Waals surface area contributed by atoms with E-state index in [0.29, 0.717) is 12.5 Å². The first-order valence-electron chi connectivity index (χ1n) is 6.36. The van der Waals surface area contributed by atoms with Crippen LogP contribution in [0, 0.1) is 0 Å². The van der Waals surface area contributed by atoms with Gasteiger partial charge < -0.3 is 15.8 Å². The van der Waals surface area contributed by atoms with Gasteiger partial charge in [-0.3, -0.25) is 9.69 Å². The smallest absolute Gasteiger partial charge is 0.218 e. The normalized spacial score (nSPS) is 23.9. The monoisotopic (exact) mass is 243 g/mol. The Morgan fingerprint density at radius 1 is 1.53 bits per heavy atom. The van der Waals surface area contributed by atoms with Crippen molar-refractivity contribution < 1.29 is 9.53 Å². The van der Waals surface area contributed by atoms with Crippen molar-refractivity contribution in [1.29, 1.82) is 0 Å². The van der Waals surface area contributed by atoms with Crippen molar-refractivity contribution in [2.45, 2.75) is 45.4 Å². The van der Waals surface area contributed by atoms with Crippen LogP contribution >= 0.6 is 0 Å². The van der Waals surface area contributed by atoms with Crippen LogP contribution in [0.3, 0.4) is 0 Å². The van der Waals surface area contributed by atoms with Gasteiger partial charge in [0.15, 0.2) is 0 Å². The molecule has 5 heteroatoms. The highest BCUT2D eigenvalue weighted by Crippen LogP contribution is 2.08. The van der Waals surface area contributed by atoms with Gasteiger partial charge in [-0.25, -0.2) is 0 Å². The van der Waals surface area contributed by atoms with Crippen LogP contribution < -0.4 is 11.1 Å². The summed E-state index contributed by atoms with van der Waals surface area (Å²) in [6.07, 6.45) is 0.585. The fourth-order valence-corrected chi connectivity index (χ4v) is 2.04. The number of morpholine rings is 1. The first-order chi connectivity index (χ1) is 7.99. The highest BCUT2D eigenvalue weighted by molar-refractivity contribution is 5.74. The van der Waals surface area contributed by atoms with Crippen molar-refractivity contribution in [2.24, 2.45) is 5.73 Å². The summed E-state index contributed by atoms with van der Waals surface area (Å²) in [5.41, 5.74) is 5.15. The Balaban J connectivity index is 2.24. The Hall–Kier alpha value is -0.650. The molecule has 0 radical (unpaired) electrons.